The summed E-state index contributed by atoms with van der Waals surface area (Å²) in [6.45, 7) is 1.61. The van der Waals surface area contributed by atoms with Crippen LogP contribution in [-0.4, -0.2) is 27.3 Å². The van der Waals surface area contributed by atoms with Gasteiger partial charge in [0.25, 0.3) is 0 Å². The predicted octanol–water partition coefficient (Wildman–Crippen LogP) is 3.47. The number of carboxylic acid groups (broad SMARTS) is 2. The number of hydrogen-bond donors (Lipinski definition) is 2. The molecule has 23 heavy (non-hydrogen) atoms. The normalized spacial score (nSPS) is 10.3. The molecular weight excluding hydrogens is 316 g/mol. The number of carbonyl (C=O) groups excluding carboxylic acids is 1. The molecule has 0 heterocycles. The van der Waals surface area contributed by atoms with Crippen LogP contribution in [0.15, 0.2) is 42.5 Å². The number of carbonyl (C=O) groups is 3. The molecule has 0 saturated heterocycles. The Morgan fingerprint density at radius 3 is 2.17 bits per heavy atom. The molecule has 5 nitrogen and oxygen atoms in total. The van der Waals surface area contributed by atoms with E-state index in [-0.39, 0.29) is 22.0 Å². The van der Waals surface area contributed by atoms with E-state index in [1.807, 2.05) is 0 Å². The van der Waals surface area contributed by atoms with E-state index in [0.29, 0.717) is 16.7 Å². The average molecular weight is 330 g/mol. The second-order valence-electron chi connectivity index (χ2n) is 4.86. The average Bonchev–Trinajstić information content (AvgIpc) is 2.53. The van der Waals surface area contributed by atoms with Gasteiger partial charge in [-0.05, 0) is 30.2 Å². The molecule has 0 unspecified atom stereocenters. The first-order chi connectivity index (χ1) is 10.9. The van der Waals surface area contributed by atoms with E-state index in [0.717, 1.165) is 17.8 Å². The second-order valence-corrected chi connectivity index (χ2v) is 5.81. The van der Waals surface area contributed by atoms with Crippen LogP contribution >= 0.6 is 11.8 Å². The highest BCUT2D eigenvalue weighted by Gasteiger charge is 2.17. The number of aromatic carboxylic acids is 2. The topological polar surface area (TPSA) is 91.7 Å². The molecule has 2 aromatic rings. The van der Waals surface area contributed by atoms with Crippen LogP contribution in [0.3, 0.4) is 0 Å². The first kappa shape index (κ1) is 16.8. The van der Waals surface area contributed by atoms with Gasteiger partial charge in [0.05, 0.1) is 11.1 Å². The van der Waals surface area contributed by atoms with E-state index in [1.165, 1.54) is 6.07 Å². The molecule has 0 saturated carbocycles. The summed E-state index contributed by atoms with van der Waals surface area (Å²) in [5, 5.41) is 18.1. The molecule has 6 heteroatoms. The van der Waals surface area contributed by atoms with Crippen molar-refractivity contribution in [1.82, 2.24) is 0 Å². The summed E-state index contributed by atoms with van der Waals surface area (Å²) < 4.78 is 0. The van der Waals surface area contributed by atoms with Crippen LogP contribution in [0.4, 0.5) is 0 Å². The van der Waals surface area contributed by atoms with Gasteiger partial charge in [0.15, 0.2) is 0 Å². The third-order valence-corrected chi connectivity index (χ3v) is 4.31. The van der Waals surface area contributed by atoms with Crippen molar-refractivity contribution in [2.24, 2.45) is 0 Å². The van der Waals surface area contributed by atoms with Gasteiger partial charge in [0.1, 0.15) is 0 Å². The standard InChI is InChI=1S/C17H14O5S/c1-10-13(7-12(15(18)19)8-14(10)16(20)21)9-23-17(22)11-5-3-2-4-6-11/h2-8H,9H2,1H3,(H,18,19)(H,20,21). The van der Waals surface area contributed by atoms with Crippen LogP contribution in [0, 0.1) is 6.92 Å². The minimum Gasteiger partial charge on any atom is -0.478 e. The van der Waals surface area contributed by atoms with E-state index < -0.39 is 11.9 Å². The highest BCUT2D eigenvalue weighted by Crippen LogP contribution is 2.24. The van der Waals surface area contributed by atoms with Gasteiger partial charge in [-0.15, -0.1) is 0 Å². The minimum atomic E-state index is -1.20. The van der Waals surface area contributed by atoms with Gasteiger partial charge < -0.3 is 10.2 Å². The monoisotopic (exact) mass is 330 g/mol. The Labute approximate surface area is 137 Å². The summed E-state index contributed by atoms with van der Waals surface area (Å²) in [5.41, 5.74) is 1.37. The van der Waals surface area contributed by atoms with Gasteiger partial charge in [-0.1, -0.05) is 42.1 Å². The van der Waals surface area contributed by atoms with Crippen molar-refractivity contribution in [2.75, 3.05) is 0 Å². The number of thioether (sulfide) groups is 1. The molecule has 0 radical (unpaired) electrons. The van der Waals surface area contributed by atoms with Gasteiger partial charge in [-0.3, -0.25) is 4.79 Å². The number of rotatable bonds is 5. The first-order valence-electron chi connectivity index (χ1n) is 6.72. The van der Waals surface area contributed by atoms with Crippen LogP contribution in [0.25, 0.3) is 0 Å². The lowest BCUT2D eigenvalue weighted by Gasteiger charge is -2.10. The molecule has 2 N–H and O–H groups in total. The van der Waals surface area contributed by atoms with E-state index in [2.05, 4.69) is 0 Å². The van der Waals surface area contributed by atoms with Crippen LogP contribution in [0.5, 0.6) is 0 Å². The zero-order valence-electron chi connectivity index (χ0n) is 12.3. The van der Waals surface area contributed by atoms with Gasteiger partial charge in [-0.2, -0.15) is 0 Å². The molecule has 0 aliphatic carbocycles. The van der Waals surface area contributed by atoms with Crippen molar-refractivity contribution in [2.45, 2.75) is 12.7 Å². The summed E-state index contributed by atoms with van der Waals surface area (Å²) >= 11 is 1.01. The number of benzene rings is 2. The molecule has 118 valence electrons. The maximum atomic E-state index is 12.1. The van der Waals surface area contributed by atoms with E-state index in [4.69, 9.17) is 5.11 Å². The number of carboxylic acids is 2. The summed E-state index contributed by atoms with van der Waals surface area (Å²) in [6.07, 6.45) is 0. The Kier molecular flexibility index (Phi) is 5.18. The second kappa shape index (κ2) is 7.11. The zero-order valence-corrected chi connectivity index (χ0v) is 13.1. The molecule has 0 atom stereocenters. The lowest BCUT2D eigenvalue weighted by molar-refractivity contribution is 0.0695. The highest BCUT2D eigenvalue weighted by molar-refractivity contribution is 8.13. The largest absolute Gasteiger partial charge is 0.478 e. The van der Waals surface area contributed by atoms with Crippen LogP contribution in [-0.2, 0) is 5.75 Å². The lowest BCUT2D eigenvalue weighted by Crippen LogP contribution is -2.08. The smallest absolute Gasteiger partial charge is 0.335 e. The van der Waals surface area contributed by atoms with Crippen molar-refractivity contribution in [3.8, 4) is 0 Å². The number of hydrogen-bond acceptors (Lipinski definition) is 4. The molecule has 0 bridgehead atoms. The fourth-order valence-electron chi connectivity index (χ4n) is 2.07. The molecule has 0 aliphatic rings. The Hall–Kier alpha value is -2.60. The first-order valence-corrected chi connectivity index (χ1v) is 7.71. The van der Waals surface area contributed by atoms with Crippen LogP contribution in [0.1, 0.15) is 42.2 Å². The van der Waals surface area contributed by atoms with E-state index in [9.17, 15) is 19.5 Å². The Morgan fingerprint density at radius 1 is 0.957 bits per heavy atom. The molecule has 0 amide bonds. The highest BCUT2D eigenvalue weighted by atomic mass is 32.2. The van der Waals surface area contributed by atoms with Gasteiger partial charge in [-0.25, -0.2) is 9.59 Å². The van der Waals surface area contributed by atoms with Crippen molar-refractivity contribution >= 4 is 28.8 Å². The molecule has 0 spiro atoms. The van der Waals surface area contributed by atoms with Crippen molar-refractivity contribution < 1.29 is 24.6 Å². The predicted molar refractivity (Wildman–Crippen MR) is 87.2 cm³/mol. The summed E-state index contributed by atoms with van der Waals surface area (Å²) in [6, 6.07) is 11.2. The quantitative estimate of drug-likeness (QED) is 0.872. The Bertz CT molecular complexity index is 768. The molecular formula is C17H14O5S. The summed E-state index contributed by atoms with van der Waals surface area (Å²) in [5.74, 6) is -2.18. The lowest BCUT2D eigenvalue weighted by atomic mass is 9.99. The third-order valence-electron chi connectivity index (χ3n) is 3.36. The fraction of sp³-hybridized carbons (Fsp3) is 0.118. The van der Waals surface area contributed by atoms with Crippen LogP contribution in [0.2, 0.25) is 0 Å². The maximum Gasteiger partial charge on any atom is 0.335 e. The zero-order chi connectivity index (χ0) is 17.0. The summed E-state index contributed by atoms with van der Waals surface area (Å²) in [7, 11) is 0. The maximum absolute atomic E-state index is 12.1. The fourth-order valence-corrected chi connectivity index (χ4v) is 2.96. The van der Waals surface area contributed by atoms with Gasteiger partial charge >= 0.3 is 11.9 Å². The summed E-state index contributed by atoms with van der Waals surface area (Å²) in [4.78, 5) is 34.5. The van der Waals surface area contributed by atoms with E-state index in [1.54, 1.807) is 37.3 Å². The minimum absolute atomic E-state index is 0.0624. The van der Waals surface area contributed by atoms with Crippen molar-refractivity contribution in [3.05, 3.63) is 70.3 Å². The van der Waals surface area contributed by atoms with Gasteiger partial charge in [0.2, 0.25) is 5.12 Å². The van der Waals surface area contributed by atoms with Crippen molar-refractivity contribution in [3.63, 3.8) is 0 Å². The van der Waals surface area contributed by atoms with Gasteiger partial charge in [0, 0.05) is 11.3 Å². The molecule has 2 rings (SSSR count). The Morgan fingerprint density at radius 2 is 1.61 bits per heavy atom. The third kappa shape index (κ3) is 3.98. The Balaban J connectivity index is 2.27. The van der Waals surface area contributed by atoms with E-state index >= 15 is 0 Å². The molecule has 0 fully saturated rings. The van der Waals surface area contributed by atoms with Crippen LogP contribution < -0.4 is 0 Å². The molecule has 0 aliphatic heterocycles. The molecule has 2 aromatic carbocycles. The van der Waals surface area contributed by atoms with Crippen molar-refractivity contribution in [1.29, 1.82) is 0 Å². The molecule has 0 aromatic heterocycles. The SMILES string of the molecule is Cc1c(CSC(=O)c2ccccc2)cc(C(=O)O)cc1C(=O)O.